The summed E-state index contributed by atoms with van der Waals surface area (Å²) in [6, 6.07) is 5.94. The Morgan fingerprint density at radius 1 is 1.10 bits per heavy atom. The first-order valence-corrected chi connectivity index (χ1v) is 13.3. The molecule has 2 amide bonds. The average Bonchev–Trinajstić information content (AvgIpc) is 2.97. The number of carbonyl (C=O) groups is 2. The number of amides is 2. The van der Waals surface area contributed by atoms with Crippen molar-refractivity contribution in [2.75, 3.05) is 26.2 Å². The summed E-state index contributed by atoms with van der Waals surface area (Å²) in [7, 11) is -3.86. The summed E-state index contributed by atoms with van der Waals surface area (Å²) in [4.78, 5) is 29.0. The lowest BCUT2D eigenvalue weighted by atomic mass is 10.1. The van der Waals surface area contributed by atoms with Gasteiger partial charge in [-0.1, -0.05) is 30.5 Å². The minimum absolute atomic E-state index is 0.0123. The molecular weight excluding hydrogens is 458 g/mol. The van der Waals surface area contributed by atoms with E-state index in [9.17, 15) is 18.0 Å². The SMILES string of the molecule is O=C(CN1CCCC(NS(=O)(=O)c2cc3ccc(Cl)cc3s2)C1=O)N1CCCCCC1. The number of fused-ring (bicyclic) bond motifs is 1. The number of thiophene rings is 1. The third kappa shape index (κ3) is 5.22. The molecular formula is C21H26ClN3O4S2. The quantitative estimate of drug-likeness (QED) is 0.707. The van der Waals surface area contributed by atoms with E-state index in [1.165, 1.54) is 4.90 Å². The van der Waals surface area contributed by atoms with Gasteiger partial charge in [0.1, 0.15) is 10.3 Å². The molecule has 31 heavy (non-hydrogen) atoms. The monoisotopic (exact) mass is 483 g/mol. The van der Waals surface area contributed by atoms with Crippen LogP contribution in [0.1, 0.15) is 38.5 Å². The molecule has 4 rings (SSSR count). The summed E-state index contributed by atoms with van der Waals surface area (Å²) in [5, 5.41) is 1.33. The van der Waals surface area contributed by atoms with Gasteiger partial charge in [0.05, 0.1) is 6.54 Å². The van der Waals surface area contributed by atoms with E-state index in [4.69, 9.17) is 11.6 Å². The Kier molecular flexibility index (Phi) is 6.86. The molecule has 1 aromatic carbocycles. The van der Waals surface area contributed by atoms with E-state index < -0.39 is 16.1 Å². The fraction of sp³-hybridized carbons (Fsp3) is 0.524. The number of rotatable bonds is 5. The minimum atomic E-state index is -3.86. The van der Waals surface area contributed by atoms with E-state index >= 15 is 0 Å². The predicted octanol–water partition coefficient (Wildman–Crippen LogP) is 3.23. The lowest BCUT2D eigenvalue weighted by molar-refractivity contribution is -0.143. The highest BCUT2D eigenvalue weighted by Crippen LogP contribution is 2.31. The van der Waals surface area contributed by atoms with Crippen molar-refractivity contribution in [3.8, 4) is 0 Å². The molecule has 10 heteroatoms. The van der Waals surface area contributed by atoms with Crippen LogP contribution in [0.4, 0.5) is 0 Å². The first-order valence-electron chi connectivity index (χ1n) is 10.6. The van der Waals surface area contributed by atoms with Crippen LogP contribution in [0.15, 0.2) is 28.5 Å². The van der Waals surface area contributed by atoms with Crippen molar-refractivity contribution in [3.63, 3.8) is 0 Å². The van der Waals surface area contributed by atoms with Crippen LogP contribution < -0.4 is 4.72 Å². The van der Waals surface area contributed by atoms with Gasteiger partial charge >= 0.3 is 0 Å². The minimum Gasteiger partial charge on any atom is -0.341 e. The molecule has 2 saturated heterocycles. The molecule has 1 unspecified atom stereocenters. The Balaban J connectivity index is 1.43. The van der Waals surface area contributed by atoms with Gasteiger partial charge < -0.3 is 9.80 Å². The highest BCUT2D eigenvalue weighted by Gasteiger charge is 2.34. The summed E-state index contributed by atoms with van der Waals surface area (Å²) in [5.41, 5.74) is 0. The number of hydrogen-bond acceptors (Lipinski definition) is 5. The molecule has 2 fully saturated rings. The number of nitrogens with one attached hydrogen (secondary N) is 1. The van der Waals surface area contributed by atoms with Gasteiger partial charge in [-0.3, -0.25) is 9.59 Å². The number of benzene rings is 1. The molecule has 168 valence electrons. The second-order valence-corrected chi connectivity index (χ2v) is 11.6. The number of hydrogen-bond donors (Lipinski definition) is 1. The Morgan fingerprint density at radius 3 is 2.58 bits per heavy atom. The number of halogens is 1. The van der Waals surface area contributed by atoms with E-state index in [1.54, 1.807) is 24.3 Å². The van der Waals surface area contributed by atoms with Crippen LogP contribution >= 0.6 is 22.9 Å². The highest BCUT2D eigenvalue weighted by atomic mass is 35.5. The van der Waals surface area contributed by atoms with Gasteiger partial charge in [0, 0.05) is 29.4 Å². The van der Waals surface area contributed by atoms with Gasteiger partial charge in [0.15, 0.2) is 0 Å². The Morgan fingerprint density at radius 2 is 1.84 bits per heavy atom. The van der Waals surface area contributed by atoms with Gasteiger partial charge in [-0.05, 0) is 49.3 Å². The van der Waals surface area contributed by atoms with Crippen LogP contribution in [0.3, 0.4) is 0 Å². The Bertz CT molecular complexity index is 1080. The van der Waals surface area contributed by atoms with Crippen LogP contribution in [0.5, 0.6) is 0 Å². The Hall–Kier alpha value is -1.68. The van der Waals surface area contributed by atoms with Crippen LogP contribution in [0.2, 0.25) is 5.02 Å². The molecule has 2 aromatic rings. The maximum Gasteiger partial charge on any atom is 0.250 e. The number of likely N-dealkylation sites (tertiary alicyclic amines) is 2. The summed E-state index contributed by atoms with van der Waals surface area (Å²) in [6.45, 7) is 1.94. The zero-order valence-electron chi connectivity index (χ0n) is 17.2. The van der Waals surface area contributed by atoms with E-state index in [1.807, 2.05) is 4.90 Å². The third-order valence-corrected chi connectivity index (χ3v) is 9.12. The van der Waals surface area contributed by atoms with Gasteiger partial charge in [0.2, 0.25) is 11.8 Å². The summed E-state index contributed by atoms with van der Waals surface area (Å²) in [6.07, 6.45) is 5.29. The van der Waals surface area contributed by atoms with E-state index in [-0.39, 0.29) is 22.6 Å². The number of carbonyl (C=O) groups excluding carboxylic acids is 2. The molecule has 0 aliphatic carbocycles. The van der Waals surface area contributed by atoms with E-state index in [2.05, 4.69) is 4.72 Å². The molecule has 7 nitrogen and oxygen atoms in total. The molecule has 0 spiro atoms. The zero-order valence-corrected chi connectivity index (χ0v) is 19.6. The van der Waals surface area contributed by atoms with Crippen LogP contribution in [0, 0.1) is 0 Å². The number of piperidine rings is 1. The smallest absolute Gasteiger partial charge is 0.250 e. The van der Waals surface area contributed by atoms with E-state index in [0.717, 1.165) is 60.2 Å². The normalized spacial score (nSPS) is 20.8. The van der Waals surface area contributed by atoms with Gasteiger partial charge in [0.25, 0.3) is 10.0 Å². The molecule has 2 aliphatic rings. The van der Waals surface area contributed by atoms with Crippen molar-refractivity contribution in [1.82, 2.24) is 14.5 Å². The molecule has 1 aromatic heterocycles. The zero-order chi connectivity index (χ0) is 22.0. The lowest BCUT2D eigenvalue weighted by Crippen LogP contribution is -2.54. The van der Waals surface area contributed by atoms with Crippen molar-refractivity contribution in [2.45, 2.75) is 48.8 Å². The standard InChI is InChI=1S/C21H26ClN3O4S2/c22-16-8-7-15-12-20(30-18(15)13-16)31(28,29)23-17-6-5-11-25(21(17)27)14-19(26)24-9-3-1-2-4-10-24/h7-8,12-13,17,23H,1-6,9-11,14H2. The predicted molar refractivity (Wildman–Crippen MR) is 122 cm³/mol. The second kappa shape index (κ2) is 9.44. The summed E-state index contributed by atoms with van der Waals surface area (Å²) < 4.78 is 29.4. The van der Waals surface area contributed by atoms with Crippen molar-refractivity contribution in [3.05, 3.63) is 29.3 Å². The molecule has 0 bridgehead atoms. The maximum absolute atomic E-state index is 13.0. The second-order valence-electron chi connectivity index (χ2n) is 8.12. The van der Waals surface area contributed by atoms with Crippen LogP contribution in [-0.2, 0) is 19.6 Å². The topological polar surface area (TPSA) is 86.8 Å². The fourth-order valence-corrected chi connectivity index (χ4v) is 7.06. The molecule has 0 saturated carbocycles. The average molecular weight is 484 g/mol. The van der Waals surface area contributed by atoms with Crippen molar-refractivity contribution in [2.24, 2.45) is 0 Å². The summed E-state index contributed by atoms with van der Waals surface area (Å²) >= 11 is 7.12. The van der Waals surface area contributed by atoms with Gasteiger partial charge in [-0.2, -0.15) is 4.72 Å². The number of nitrogens with zero attached hydrogens (tertiary/aromatic N) is 2. The first-order chi connectivity index (χ1) is 14.8. The molecule has 0 radical (unpaired) electrons. The van der Waals surface area contributed by atoms with Crippen LogP contribution in [0.25, 0.3) is 10.1 Å². The molecule has 1 N–H and O–H groups in total. The first kappa shape index (κ1) is 22.5. The van der Waals surface area contributed by atoms with E-state index in [0.29, 0.717) is 24.4 Å². The largest absolute Gasteiger partial charge is 0.341 e. The van der Waals surface area contributed by atoms with Crippen molar-refractivity contribution in [1.29, 1.82) is 0 Å². The molecule has 3 heterocycles. The van der Waals surface area contributed by atoms with Gasteiger partial charge in [-0.15, -0.1) is 11.3 Å². The summed E-state index contributed by atoms with van der Waals surface area (Å²) in [5.74, 6) is -0.387. The van der Waals surface area contributed by atoms with Crippen molar-refractivity contribution >= 4 is 54.9 Å². The number of sulfonamides is 1. The van der Waals surface area contributed by atoms with Gasteiger partial charge in [-0.25, -0.2) is 8.42 Å². The Labute approximate surface area is 191 Å². The molecule has 2 aliphatic heterocycles. The van der Waals surface area contributed by atoms with Crippen molar-refractivity contribution < 1.29 is 18.0 Å². The lowest BCUT2D eigenvalue weighted by Gasteiger charge is -2.33. The maximum atomic E-state index is 13.0. The fourth-order valence-electron chi connectivity index (χ4n) is 4.15. The molecule has 1 atom stereocenters. The highest BCUT2D eigenvalue weighted by molar-refractivity contribution is 7.91. The van der Waals surface area contributed by atoms with Crippen LogP contribution in [-0.4, -0.2) is 62.3 Å². The third-order valence-electron chi connectivity index (χ3n) is 5.84.